The Balaban J connectivity index is 0.000000395. The number of nitrogens with one attached hydrogen (secondary N) is 1. The van der Waals surface area contributed by atoms with Crippen molar-refractivity contribution in [3.8, 4) is 5.88 Å². The summed E-state index contributed by atoms with van der Waals surface area (Å²) in [5.41, 5.74) is -0.690. The lowest BCUT2D eigenvalue weighted by atomic mass is 9.95. The number of halogens is 3. The number of aromatic nitrogens is 2. The number of rotatable bonds is 19. The Labute approximate surface area is 409 Å². The number of ether oxygens (including phenoxy) is 5. The second-order valence-electron chi connectivity index (χ2n) is 17.9. The van der Waals surface area contributed by atoms with Gasteiger partial charge in [-0.2, -0.15) is 8.61 Å². The largest absolute Gasteiger partial charge is 0.473 e. The van der Waals surface area contributed by atoms with Gasteiger partial charge < -0.3 is 33.9 Å². The van der Waals surface area contributed by atoms with E-state index in [1.165, 1.54) is 59.5 Å². The number of sulfonamides is 2. The van der Waals surface area contributed by atoms with E-state index in [0.29, 0.717) is 70.9 Å². The maximum atomic E-state index is 13.2. The number of hydrogen-bond acceptors (Lipinski definition) is 17. The Morgan fingerprint density at radius 2 is 1.25 bits per heavy atom. The van der Waals surface area contributed by atoms with Crippen molar-refractivity contribution in [3.63, 3.8) is 0 Å². The van der Waals surface area contributed by atoms with E-state index in [2.05, 4.69) is 24.8 Å². The second-order valence-corrected chi connectivity index (χ2v) is 22.2. The number of piperidine rings is 2. The second kappa shape index (κ2) is 29.2. The number of aliphatic hydroxyl groups excluding tert-OH is 2. The predicted molar refractivity (Wildman–Crippen MR) is 251 cm³/mol. The molecule has 19 nitrogen and oxygen atoms in total. The first kappa shape index (κ1) is 60.9. The van der Waals surface area contributed by atoms with Crippen LogP contribution in [0.25, 0.3) is 0 Å². The van der Waals surface area contributed by atoms with Gasteiger partial charge in [0.15, 0.2) is 0 Å². The van der Waals surface area contributed by atoms with Gasteiger partial charge in [-0.05, 0) is 109 Å². The molecule has 2 saturated heterocycles. The Kier molecular flexibility index (Phi) is 25.8. The summed E-state index contributed by atoms with van der Waals surface area (Å²) < 4.78 is 104. The summed E-state index contributed by atoms with van der Waals surface area (Å²) in [4.78, 5) is 41.8. The van der Waals surface area contributed by atoms with Gasteiger partial charge in [0, 0.05) is 69.8 Å². The third-order valence-corrected chi connectivity index (χ3v) is 14.1. The minimum atomic E-state index is -3.73. The molecule has 69 heavy (non-hydrogen) atoms. The average Bonchev–Trinajstić information content (AvgIpc) is 3.29. The van der Waals surface area contributed by atoms with Crippen LogP contribution in [0.4, 0.5) is 8.78 Å². The van der Waals surface area contributed by atoms with Gasteiger partial charge in [-0.15, -0.1) is 0 Å². The number of pyridine rings is 2. The van der Waals surface area contributed by atoms with Crippen LogP contribution in [-0.4, -0.2) is 141 Å². The summed E-state index contributed by atoms with van der Waals surface area (Å²) in [6, 6.07) is 5.69. The molecule has 0 aliphatic carbocycles. The Hall–Kier alpha value is -4.20. The van der Waals surface area contributed by atoms with Crippen molar-refractivity contribution in [3.05, 3.63) is 65.6 Å². The van der Waals surface area contributed by atoms with E-state index in [1.807, 2.05) is 0 Å². The molecule has 4 rings (SSSR count). The number of carbonyl (C=O) groups excluding carboxylic acids is 3. The van der Waals surface area contributed by atoms with Crippen molar-refractivity contribution in [1.29, 1.82) is 0 Å². The number of hydrogen-bond donors (Lipinski definition) is 3. The predicted octanol–water partition coefficient (Wildman–Crippen LogP) is 5.61. The van der Waals surface area contributed by atoms with E-state index < -0.39 is 37.7 Å². The minimum Gasteiger partial charge on any atom is -0.473 e. The molecule has 3 N–H and O–H groups in total. The lowest BCUT2D eigenvalue weighted by Crippen LogP contribution is -2.39. The summed E-state index contributed by atoms with van der Waals surface area (Å²) in [6.07, 6.45) is 5.22. The van der Waals surface area contributed by atoms with Crippen molar-refractivity contribution in [1.82, 2.24) is 23.9 Å². The average molecular weight is 1040 g/mol. The lowest BCUT2D eigenvalue weighted by molar-refractivity contribution is -0.180. The minimum absolute atomic E-state index is 0.0217. The molecule has 2 aliphatic heterocycles. The first-order chi connectivity index (χ1) is 32.3. The van der Waals surface area contributed by atoms with Gasteiger partial charge in [0.1, 0.15) is 27.2 Å². The van der Waals surface area contributed by atoms with E-state index >= 15 is 0 Å². The molecule has 0 radical (unpaired) electrons. The smallest absolute Gasteiger partial charge is 0.306 e. The lowest BCUT2D eigenvalue weighted by Gasteiger charge is -2.30. The van der Waals surface area contributed by atoms with E-state index in [0.717, 1.165) is 0 Å². The Bertz CT molecular complexity index is 2190. The van der Waals surface area contributed by atoms with Crippen LogP contribution >= 0.6 is 11.6 Å². The number of esters is 3. The molecule has 1 atom stereocenters. The van der Waals surface area contributed by atoms with Crippen LogP contribution in [0.1, 0.15) is 92.9 Å². The molecular formula is C45H68ClF2N5O14S2. The first-order valence-electron chi connectivity index (χ1n) is 22.1. The van der Waals surface area contributed by atoms with Gasteiger partial charge in [0.2, 0.25) is 32.3 Å². The fourth-order valence-electron chi connectivity index (χ4n) is 6.47. The van der Waals surface area contributed by atoms with Gasteiger partial charge >= 0.3 is 17.9 Å². The van der Waals surface area contributed by atoms with Crippen molar-refractivity contribution < 1.29 is 73.9 Å². The molecule has 390 valence electrons. The van der Waals surface area contributed by atoms with Crippen molar-refractivity contribution >= 4 is 49.6 Å². The highest BCUT2D eigenvalue weighted by atomic mass is 35.5. The SMILES string of the molecule is CC(C)(C)OC(=O)CCC(=CF)CO.COC(=O)CC1CCN(S(=O)(=O)c2ccc(Cl)nc2)CC1.COC(=O)CC1CCN(S(=O)(=O)c2ccc(OCC(=CF)CNC(O)OC(C)(C)C)nc2)CC1. The van der Waals surface area contributed by atoms with Gasteiger partial charge in [0.25, 0.3) is 0 Å². The molecule has 2 fully saturated rings. The molecule has 0 amide bonds. The molecule has 2 aromatic rings. The molecule has 0 aromatic carbocycles. The maximum absolute atomic E-state index is 13.2. The molecule has 4 heterocycles. The summed E-state index contributed by atoms with van der Waals surface area (Å²) in [7, 11) is -4.58. The molecule has 24 heteroatoms. The van der Waals surface area contributed by atoms with E-state index in [4.69, 9.17) is 30.9 Å². The number of carbonyl (C=O) groups is 3. The highest BCUT2D eigenvalue weighted by molar-refractivity contribution is 7.89. The Morgan fingerprint density at radius 1 is 0.768 bits per heavy atom. The zero-order chi connectivity index (χ0) is 52.0. The molecular weight excluding hydrogens is 972 g/mol. The standard InChI is InChI=1S/C22H34FN3O7S.C13H17ClN2O4S.C10H17FO3/c1-22(2,3)33-21(28)25-13-17(12-23)15-32-19-6-5-18(14-24-19)34(29,30)26-9-7-16(8-10-26)11-20(27)31-4;1-20-13(17)8-10-4-6-16(7-5-10)21(18,19)11-2-3-12(14)15-9-11;1-10(2,3)14-9(13)5-4-8(6-11)7-12/h5-6,12,14,16,21,25,28H,7-11,13,15H2,1-4H3;2-3,9-10H,4-8H2,1H3;6,12H,4-5,7H2,1-3H3. The fourth-order valence-corrected chi connectivity index (χ4v) is 9.41. The summed E-state index contributed by atoms with van der Waals surface area (Å²) in [5.74, 6) is -0.532. The summed E-state index contributed by atoms with van der Waals surface area (Å²) in [5, 5.41) is 21.3. The fraction of sp³-hybridized carbons (Fsp3) is 0.622. The van der Waals surface area contributed by atoms with Crippen molar-refractivity contribution in [2.24, 2.45) is 11.8 Å². The third kappa shape index (κ3) is 23.1. The van der Waals surface area contributed by atoms with Crippen LogP contribution in [-0.2, 0) is 53.4 Å². The zero-order valence-corrected chi connectivity index (χ0v) is 42.9. The monoisotopic (exact) mass is 1040 g/mol. The maximum Gasteiger partial charge on any atom is 0.306 e. The van der Waals surface area contributed by atoms with Crippen LogP contribution in [0, 0.1) is 11.8 Å². The highest BCUT2D eigenvalue weighted by Gasteiger charge is 2.32. The van der Waals surface area contributed by atoms with E-state index in [1.54, 1.807) is 41.5 Å². The van der Waals surface area contributed by atoms with Gasteiger partial charge in [-0.25, -0.2) is 35.6 Å². The molecule has 0 spiro atoms. The Morgan fingerprint density at radius 3 is 1.62 bits per heavy atom. The van der Waals surface area contributed by atoms with Gasteiger partial charge in [0.05, 0.1) is 45.3 Å². The summed E-state index contributed by atoms with van der Waals surface area (Å²) in [6.45, 7) is 11.5. The van der Waals surface area contributed by atoms with Gasteiger partial charge in [-0.3, -0.25) is 19.7 Å². The number of methoxy groups -OCH3 is 2. The van der Waals surface area contributed by atoms with Crippen LogP contribution < -0.4 is 10.1 Å². The molecule has 0 bridgehead atoms. The number of aliphatic hydroxyl groups is 2. The van der Waals surface area contributed by atoms with E-state index in [9.17, 15) is 45.1 Å². The van der Waals surface area contributed by atoms with Crippen LogP contribution in [0.3, 0.4) is 0 Å². The van der Waals surface area contributed by atoms with Crippen molar-refractivity contribution in [2.45, 2.75) is 120 Å². The quantitative estimate of drug-likeness (QED) is 0.0669. The molecule has 0 saturated carbocycles. The van der Waals surface area contributed by atoms with Gasteiger partial charge in [-0.1, -0.05) is 11.6 Å². The third-order valence-electron chi connectivity index (χ3n) is 10.2. The van der Waals surface area contributed by atoms with E-state index in [-0.39, 0.29) is 101 Å². The highest BCUT2D eigenvalue weighted by Crippen LogP contribution is 2.28. The molecule has 2 aliphatic rings. The number of nitrogens with zero attached hydrogens (tertiary/aromatic N) is 4. The van der Waals surface area contributed by atoms with Crippen LogP contribution in [0.2, 0.25) is 5.15 Å². The van der Waals surface area contributed by atoms with Crippen LogP contribution in [0.5, 0.6) is 5.88 Å². The normalized spacial score (nSPS) is 16.5. The topological polar surface area (TPSA) is 250 Å². The molecule has 1 unspecified atom stereocenters. The first-order valence-corrected chi connectivity index (χ1v) is 25.3. The molecule has 2 aromatic heterocycles. The van der Waals surface area contributed by atoms with Crippen LogP contribution in [0.15, 0.2) is 70.3 Å². The zero-order valence-electron chi connectivity index (χ0n) is 40.5. The summed E-state index contributed by atoms with van der Waals surface area (Å²) >= 11 is 5.67. The van der Waals surface area contributed by atoms with Crippen molar-refractivity contribution in [2.75, 3.05) is 60.2 Å².